The third-order valence-electron chi connectivity index (χ3n) is 4.37. The average molecular weight is 344 g/mol. The van der Waals surface area contributed by atoms with Crippen LogP contribution in [0, 0.1) is 5.82 Å². The van der Waals surface area contributed by atoms with E-state index in [1.54, 1.807) is 43.4 Å². The molecule has 0 atom stereocenters. The molecular weight excluding hydrogens is 323 g/mol. The highest BCUT2D eigenvalue weighted by Crippen LogP contribution is 2.28. The zero-order valence-corrected chi connectivity index (χ0v) is 14.4. The van der Waals surface area contributed by atoms with Gasteiger partial charge in [-0.25, -0.2) is 4.39 Å². The molecule has 5 nitrogen and oxygen atoms in total. The van der Waals surface area contributed by atoms with E-state index in [1.165, 1.54) is 12.1 Å². The number of hydrogen-bond acceptors (Lipinski definition) is 4. The highest BCUT2D eigenvalue weighted by Gasteiger charge is 2.23. The van der Waals surface area contributed by atoms with Gasteiger partial charge in [0.2, 0.25) is 0 Å². The Balaban J connectivity index is 1.67. The predicted molar refractivity (Wildman–Crippen MR) is 94.1 cm³/mol. The van der Waals surface area contributed by atoms with Crippen molar-refractivity contribution >= 4 is 11.6 Å². The second-order valence-electron chi connectivity index (χ2n) is 5.83. The minimum atomic E-state index is -0.249. The van der Waals surface area contributed by atoms with Gasteiger partial charge >= 0.3 is 0 Å². The van der Waals surface area contributed by atoms with Crippen molar-refractivity contribution in [3.8, 4) is 11.5 Å². The van der Waals surface area contributed by atoms with Crippen LogP contribution in [0.4, 0.5) is 10.1 Å². The number of carbonyl (C=O) groups is 1. The monoisotopic (exact) mass is 344 g/mol. The number of benzene rings is 2. The zero-order valence-electron chi connectivity index (χ0n) is 14.4. The third kappa shape index (κ3) is 3.68. The summed E-state index contributed by atoms with van der Waals surface area (Å²) < 4.78 is 23.8. The van der Waals surface area contributed by atoms with Crippen LogP contribution in [0.15, 0.2) is 42.5 Å². The lowest BCUT2D eigenvalue weighted by Gasteiger charge is -2.36. The average Bonchev–Trinajstić information content (AvgIpc) is 2.67. The van der Waals surface area contributed by atoms with Gasteiger partial charge in [-0.05, 0) is 36.4 Å². The van der Waals surface area contributed by atoms with Crippen LogP contribution >= 0.6 is 0 Å². The van der Waals surface area contributed by atoms with Crippen LogP contribution in [0.1, 0.15) is 10.4 Å². The smallest absolute Gasteiger partial charge is 0.254 e. The normalized spacial score (nSPS) is 14.4. The first-order valence-electron chi connectivity index (χ1n) is 8.14. The van der Waals surface area contributed by atoms with Gasteiger partial charge in [-0.15, -0.1) is 0 Å². The summed E-state index contributed by atoms with van der Waals surface area (Å²) in [5, 5.41) is 0. The van der Waals surface area contributed by atoms with Crippen LogP contribution < -0.4 is 14.4 Å². The lowest BCUT2D eigenvalue weighted by Crippen LogP contribution is -2.48. The standard InChI is InChI=1S/C19H21FN2O3/c1-24-17-7-6-14(12-18(17)25-2)19(23)22-10-8-21(9-11-22)16-5-3-4-15(20)13-16/h3-7,12-13H,8-11H2,1-2H3. The number of piperazine rings is 1. The molecule has 0 unspecified atom stereocenters. The molecule has 0 aromatic heterocycles. The van der Waals surface area contributed by atoms with Crippen molar-refractivity contribution in [1.29, 1.82) is 0 Å². The molecule has 0 saturated carbocycles. The summed E-state index contributed by atoms with van der Waals surface area (Å²) in [5.74, 6) is 0.836. The Labute approximate surface area is 146 Å². The number of amides is 1. The Hall–Kier alpha value is -2.76. The predicted octanol–water partition coefficient (Wildman–Crippen LogP) is 2.81. The Kier molecular flexibility index (Phi) is 5.07. The molecule has 1 saturated heterocycles. The summed E-state index contributed by atoms with van der Waals surface area (Å²) >= 11 is 0. The van der Waals surface area contributed by atoms with Crippen molar-refractivity contribution in [1.82, 2.24) is 4.90 Å². The lowest BCUT2D eigenvalue weighted by molar-refractivity contribution is 0.0746. The van der Waals surface area contributed by atoms with Gasteiger partial charge in [-0.2, -0.15) is 0 Å². The van der Waals surface area contributed by atoms with Crippen molar-refractivity contribution in [3.63, 3.8) is 0 Å². The number of anilines is 1. The Bertz CT molecular complexity index is 758. The number of carbonyl (C=O) groups excluding carboxylic acids is 1. The zero-order chi connectivity index (χ0) is 17.8. The molecule has 0 bridgehead atoms. The summed E-state index contributed by atoms with van der Waals surface area (Å²) in [6.45, 7) is 2.51. The Morgan fingerprint density at radius 2 is 1.68 bits per heavy atom. The quantitative estimate of drug-likeness (QED) is 0.855. The van der Waals surface area contributed by atoms with Gasteiger partial charge in [0, 0.05) is 37.4 Å². The SMILES string of the molecule is COc1ccc(C(=O)N2CCN(c3cccc(F)c3)CC2)cc1OC. The molecule has 1 aliphatic rings. The Morgan fingerprint density at radius 1 is 0.960 bits per heavy atom. The van der Waals surface area contributed by atoms with Crippen molar-refractivity contribution in [2.24, 2.45) is 0 Å². The molecular formula is C19H21FN2O3. The van der Waals surface area contributed by atoms with Gasteiger partial charge in [0.15, 0.2) is 11.5 Å². The van der Waals surface area contributed by atoms with Gasteiger partial charge in [0.25, 0.3) is 5.91 Å². The van der Waals surface area contributed by atoms with Crippen molar-refractivity contribution in [2.75, 3.05) is 45.3 Å². The van der Waals surface area contributed by atoms with Crippen LogP contribution in [0.3, 0.4) is 0 Å². The second kappa shape index (κ2) is 7.42. The molecule has 2 aromatic carbocycles. The highest BCUT2D eigenvalue weighted by atomic mass is 19.1. The fraction of sp³-hybridized carbons (Fsp3) is 0.316. The maximum atomic E-state index is 13.4. The first kappa shape index (κ1) is 17.1. The second-order valence-corrected chi connectivity index (χ2v) is 5.83. The molecule has 0 N–H and O–H groups in total. The molecule has 1 amide bonds. The Morgan fingerprint density at radius 3 is 2.32 bits per heavy atom. The summed E-state index contributed by atoms with van der Waals surface area (Å²) in [5.41, 5.74) is 1.41. The first-order valence-corrected chi connectivity index (χ1v) is 8.14. The van der Waals surface area contributed by atoms with E-state index in [9.17, 15) is 9.18 Å². The molecule has 132 valence electrons. The van der Waals surface area contributed by atoms with E-state index in [-0.39, 0.29) is 11.7 Å². The fourth-order valence-corrected chi connectivity index (χ4v) is 2.99. The lowest BCUT2D eigenvalue weighted by atomic mass is 10.1. The number of rotatable bonds is 4. The number of nitrogens with zero attached hydrogens (tertiary/aromatic N) is 2. The summed E-state index contributed by atoms with van der Waals surface area (Å²) in [6.07, 6.45) is 0. The molecule has 6 heteroatoms. The van der Waals surface area contributed by atoms with E-state index in [0.29, 0.717) is 43.2 Å². The van der Waals surface area contributed by atoms with Crippen LogP contribution in [-0.4, -0.2) is 51.2 Å². The molecule has 1 heterocycles. The number of halogens is 1. The van der Waals surface area contributed by atoms with Crippen LogP contribution in [0.2, 0.25) is 0 Å². The number of hydrogen-bond donors (Lipinski definition) is 0. The molecule has 1 aliphatic heterocycles. The molecule has 0 spiro atoms. The van der Waals surface area contributed by atoms with Gasteiger partial charge in [0.05, 0.1) is 14.2 Å². The van der Waals surface area contributed by atoms with E-state index >= 15 is 0 Å². The van der Waals surface area contributed by atoms with E-state index in [1.807, 2.05) is 6.07 Å². The topological polar surface area (TPSA) is 42.0 Å². The van der Waals surface area contributed by atoms with Crippen molar-refractivity contribution in [2.45, 2.75) is 0 Å². The van der Waals surface area contributed by atoms with Gasteiger partial charge in [0.1, 0.15) is 5.82 Å². The minimum Gasteiger partial charge on any atom is -0.493 e. The molecule has 1 fully saturated rings. The van der Waals surface area contributed by atoms with Gasteiger partial charge < -0.3 is 19.3 Å². The molecule has 0 radical (unpaired) electrons. The largest absolute Gasteiger partial charge is 0.493 e. The molecule has 0 aliphatic carbocycles. The van der Waals surface area contributed by atoms with Crippen molar-refractivity contribution < 1.29 is 18.7 Å². The van der Waals surface area contributed by atoms with E-state index in [0.717, 1.165) is 5.69 Å². The molecule has 2 aromatic rings. The summed E-state index contributed by atoms with van der Waals surface area (Å²) in [7, 11) is 3.11. The van der Waals surface area contributed by atoms with Crippen molar-refractivity contribution in [3.05, 3.63) is 53.8 Å². The van der Waals surface area contributed by atoms with E-state index in [4.69, 9.17) is 9.47 Å². The fourth-order valence-electron chi connectivity index (χ4n) is 2.99. The maximum absolute atomic E-state index is 13.4. The minimum absolute atomic E-state index is 0.0418. The molecule has 3 rings (SSSR count). The number of methoxy groups -OCH3 is 2. The van der Waals surface area contributed by atoms with Gasteiger partial charge in [-0.3, -0.25) is 4.79 Å². The van der Waals surface area contributed by atoms with Crippen LogP contribution in [-0.2, 0) is 0 Å². The number of ether oxygens (including phenoxy) is 2. The highest BCUT2D eigenvalue weighted by molar-refractivity contribution is 5.95. The first-order chi connectivity index (χ1) is 12.1. The third-order valence-corrected chi connectivity index (χ3v) is 4.37. The van der Waals surface area contributed by atoms with Crippen LogP contribution in [0.25, 0.3) is 0 Å². The van der Waals surface area contributed by atoms with E-state index < -0.39 is 0 Å². The summed E-state index contributed by atoms with van der Waals surface area (Å²) in [6, 6.07) is 11.7. The van der Waals surface area contributed by atoms with E-state index in [2.05, 4.69) is 4.90 Å². The van der Waals surface area contributed by atoms with Crippen LogP contribution in [0.5, 0.6) is 11.5 Å². The maximum Gasteiger partial charge on any atom is 0.254 e. The van der Waals surface area contributed by atoms with Gasteiger partial charge in [-0.1, -0.05) is 6.07 Å². The molecule has 25 heavy (non-hydrogen) atoms. The summed E-state index contributed by atoms with van der Waals surface area (Å²) in [4.78, 5) is 16.6.